The topological polar surface area (TPSA) is 57.8 Å². The van der Waals surface area contributed by atoms with E-state index in [2.05, 4.69) is 15.5 Å². The summed E-state index contributed by atoms with van der Waals surface area (Å²) < 4.78 is 0. The zero-order valence-corrected chi connectivity index (χ0v) is 11.7. The summed E-state index contributed by atoms with van der Waals surface area (Å²) in [4.78, 5) is 13.5. The smallest absolute Gasteiger partial charge is 0.257 e. The first-order chi connectivity index (χ1) is 9.78. The van der Waals surface area contributed by atoms with Crippen molar-refractivity contribution in [1.29, 1.82) is 0 Å². The summed E-state index contributed by atoms with van der Waals surface area (Å²) in [5.74, 6) is -0.142. The molecule has 3 rings (SSSR count). The maximum Gasteiger partial charge on any atom is 0.257 e. The number of thioether (sulfide) groups is 1. The molecule has 100 valence electrons. The molecule has 0 radical (unpaired) electrons. The van der Waals surface area contributed by atoms with E-state index in [1.165, 1.54) is 4.90 Å². The Bertz CT molecular complexity index is 749. The van der Waals surface area contributed by atoms with Crippen molar-refractivity contribution in [2.75, 3.05) is 11.6 Å². The number of nitrogens with zero attached hydrogens (tertiary/aromatic N) is 1. The number of rotatable bonds is 3. The Balaban J connectivity index is 1.87. The van der Waals surface area contributed by atoms with Crippen LogP contribution >= 0.6 is 11.8 Å². The summed E-state index contributed by atoms with van der Waals surface area (Å²) >= 11 is 1.67. The normalized spacial score (nSPS) is 10.7. The van der Waals surface area contributed by atoms with Crippen LogP contribution in [-0.2, 0) is 0 Å². The lowest BCUT2D eigenvalue weighted by molar-refractivity contribution is 0.102. The van der Waals surface area contributed by atoms with Gasteiger partial charge >= 0.3 is 0 Å². The molecule has 20 heavy (non-hydrogen) atoms. The van der Waals surface area contributed by atoms with Crippen LogP contribution in [0.25, 0.3) is 10.9 Å². The fourth-order valence-electron chi connectivity index (χ4n) is 2.03. The lowest BCUT2D eigenvalue weighted by Gasteiger charge is -2.06. The molecular weight excluding hydrogens is 270 g/mol. The van der Waals surface area contributed by atoms with Gasteiger partial charge < -0.3 is 5.32 Å². The van der Waals surface area contributed by atoms with Crippen molar-refractivity contribution in [2.24, 2.45) is 0 Å². The van der Waals surface area contributed by atoms with Crippen LogP contribution in [-0.4, -0.2) is 22.4 Å². The molecule has 0 saturated heterocycles. The number of aromatic nitrogens is 2. The summed E-state index contributed by atoms with van der Waals surface area (Å²) in [7, 11) is 0. The van der Waals surface area contributed by atoms with Crippen LogP contribution in [0.5, 0.6) is 0 Å². The number of fused-ring (bicyclic) bond motifs is 1. The predicted molar refractivity (Wildman–Crippen MR) is 82.3 cm³/mol. The van der Waals surface area contributed by atoms with E-state index < -0.39 is 0 Å². The van der Waals surface area contributed by atoms with Gasteiger partial charge in [-0.3, -0.25) is 9.89 Å². The molecule has 2 N–H and O–H groups in total. The molecule has 1 amide bonds. The molecular formula is C15H13N3OS. The lowest BCUT2D eigenvalue weighted by Crippen LogP contribution is -2.12. The molecule has 0 aliphatic heterocycles. The highest BCUT2D eigenvalue weighted by atomic mass is 32.2. The zero-order valence-electron chi connectivity index (χ0n) is 10.9. The van der Waals surface area contributed by atoms with Crippen molar-refractivity contribution in [3.05, 3.63) is 54.2 Å². The number of carbonyl (C=O) groups is 1. The van der Waals surface area contributed by atoms with E-state index in [0.29, 0.717) is 5.56 Å². The average molecular weight is 283 g/mol. The molecule has 0 bridgehead atoms. The lowest BCUT2D eigenvalue weighted by atomic mass is 10.1. The van der Waals surface area contributed by atoms with Gasteiger partial charge in [0, 0.05) is 16.0 Å². The number of para-hydroxylation sites is 1. The molecule has 0 aliphatic rings. The third-order valence-corrected chi connectivity index (χ3v) is 3.81. The molecule has 2 aromatic carbocycles. The van der Waals surface area contributed by atoms with Gasteiger partial charge in [0.2, 0.25) is 0 Å². The standard InChI is InChI=1S/C15H13N3OS/c1-20-12-7-5-11(6-8-12)17-15(19)13-4-2-3-10-9-16-18-14(10)13/h2-9H,1H3,(H,16,18)(H,17,19). The van der Waals surface area contributed by atoms with Crippen LogP contribution < -0.4 is 5.32 Å². The Morgan fingerprint density at radius 3 is 2.75 bits per heavy atom. The monoisotopic (exact) mass is 283 g/mol. The highest BCUT2D eigenvalue weighted by Gasteiger charge is 2.11. The maximum atomic E-state index is 12.3. The fourth-order valence-corrected chi connectivity index (χ4v) is 2.44. The van der Waals surface area contributed by atoms with Gasteiger partial charge in [0.15, 0.2) is 0 Å². The zero-order chi connectivity index (χ0) is 13.9. The Morgan fingerprint density at radius 2 is 2.00 bits per heavy atom. The maximum absolute atomic E-state index is 12.3. The van der Waals surface area contributed by atoms with Crippen LogP contribution in [0.15, 0.2) is 53.6 Å². The Labute approximate surface area is 120 Å². The van der Waals surface area contributed by atoms with Crippen LogP contribution in [0.3, 0.4) is 0 Å². The van der Waals surface area contributed by atoms with E-state index in [4.69, 9.17) is 0 Å². The van der Waals surface area contributed by atoms with E-state index in [9.17, 15) is 4.79 Å². The third-order valence-electron chi connectivity index (χ3n) is 3.07. The SMILES string of the molecule is CSc1ccc(NC(=O)c2cccc3cn[nH]c23)cc1. The van der Waals surface area contributed by atoms with E-state index in [1.807, 2.05) is 42.7 Å². The van der Waals surface area contributed by atoms with Gasteiger partial charge in [0.05, 0.1) is 17.3 Å². The summed E-state index contributed by atoms with van der Waals surface area (Å²) in [6.45, 7) is 0. The van der Waals surface area contributed by atoms with Crippen molar-refractivity contribution in [3.63, 3.8) is 0 Å². The third kappa shape index (κ3) is 2.40. The van der Waals surface area contributed by atoms with Gasteiger partial charge in [-0.15, -0.1) is 11.8 Å². The minimum atomic E-state index is -0.142. The van der Waals surface area contributed by atoms with Crippen molar-refractivity contribution in [1.82, 2.24) is 10.2 Å². The number of hydrogen-bond acceptors (Lipinski definition) is 3. The summed E-state index contributed by atoms with van der Waals surface area (Å²) in [6.07, 6.45) is 3.73. The average Bonchev–Trinajstić information content (AvgIpc) is 2.96. The molecule has 4 nitrogen and oxygen atoms in total. The largest absolute Gasteiger partial charge is 0.322 e. The molecule has 1 heterocycles. The van der Waals surface area contributed by atoms with Gasteiger partial charge in [-0.25, -0.2) is 0 Å². The summed E-state index contributed by atoms with van der Waals surface area (Å²) in [6, 6.07) is 13.3. The van der Waals surface area contributed by atoms with Crippen LogP contribution in [0.2, 0.25) is 0 Å². The van der Waals surface area contributed by atoms with Crippen LogP contribution in [0.4, 0.5) is 5.69 Å². The highest BCUT2D eigenvalue weighted by Crippen LogP contribution is 2.20. The molecule has 0 atom stereocenters. The molecule has 0 aliphatic carbocycles. The second-order valence-corrected chi connectivity index (χ2v) is 5.20. The number of carbonyl (C=O) groups excluding carboxylic acids is 1. The number of nitrogens with one attached hydrogen (secondary N) is 2. The van der Waals surface area contributed by atoms with Gasteiger partial charge in [-0.2, -0.15) is 5.10 Å². The summed E-state index contributed by atoms with van der Waals surface area (Å²) in [5.41, 5.74) is 2.13. The minimum Gasteiger partial charge on any atom is -0.322 e. The Hall–Kier alpha value is -2.27. The van der Waals surface area contributed by atoms with Gasteiger partial charge in [0.1, 0.15) is 0 Å². The quantitative estimate of drug-likeness (QED) is 0.723. The number of amides is 1. The number of benzene rings is 2. The minimum absolute atomic E-state index is 0.142. The van der Waals surface area contributed by atoms with E-state index in [-0.39, 0.29) is 5.91 Å². The van der Waals surface area contributed by atoms with Gasteiger partial charge in [0.25, 0.3) is 5.91 Å². The number of aromatic amines is 1. The van der Waals surface area contributed by atoms with E-state index >= 15 is 0 Å². The number of hydrogen-bond donors (Lipinski definition) is 2. The number of H-pyrrole nitrogens is 1. The van der Waals surface area contributed by atoms with E-state index in [1.54, 1.807) is 24.0 Å². The van der Waals surface area contributed by atoms with Crippen molar-refractivity contribution in [2.45, 2.75) is 4.90 Å². The van der Waals surface area contributed by atoms with Gasteiger partial charge in [-0.1, -0.05) is 12.1 Å². The van der Waals surface area contributed by atoms with E-state index in [0.717, 1.165) is 16.6 Å². The van der Waals surface area contributed by atoms with Crippen LogP contribution in [0.1, 0.15) is 10.4 Å². The van der Waals surface area contributed by atoms with Crippen LogP contribution in [0, 0.1) is 0 Å². The molecule has 0 saturated carbocycles. The Morgan fingerprint density at radius 1 is 1.20 bits per heavy atom. The van der Waals surface area contributed by atoms with Crippen molar-refractivity contribution >= 4 is 34.3 Å². The molecule has 0 fully saturated rings. The first-order valence-corrected chi connectivity index (χ1v) is 7.38. The summed E-state index contributed by atoms with van der Waals surface area (Å²) in [5, 5.41) is 10.6. The van der Waals surface area contributed by atoms with Gasteiger partial charge in [-0.05, 0) is 36.6 Å². The number of anilines is 1. The Kier molecular flexibility index (Phi) is 3.43. The second-order valence-electron chi connectivity index (χ2n) is 4.32. The molecule has 0 unspecified atom stereocenters. The first-order valence-electron chi connectivity index (χ1n) is 6.15. The first kappa shape index (κ1) is 12.7. The predicted octanol–water partition coefficient (Wildman–Crippen LogP) is 3.54. The molecule has 0 spiro atoms. The highest BCUT2D eigenvalue weighted by molar-refractivity contribution is 7.98. The molecule has 3 aromatic rings. The van der Waals surface area contributed by atoms with Crippen molar-refractivity contribution in [3.8, 4) is 0 Å². The second kappa shape index (κ2) is 5.38. The fraction of sp³-hybridized carbons (Fsp3) is 0.0667. The molecule has 1 aromatic heterocycles. The van der Waals surface area contributed by atoms with Crippen molar-refractivity contribution < 1.29 is 4.79 Å². The molecule has 5 heteroatoms.